The van der Waals surface area contributed by atoms with Gasteiger partial charge in [-0.3, -0.25) is 9.59 Å². The van der Waals surface area contributed by atoms with E-state index in [0.29, 0.717) is 37.5 Å². The van der Waals surface area contributed by atoms with E-state index in [0.717, 1.165) is 0 Å². The largest absolute Gasteiger partial charge is 0.490 e. The number of amides is 1. The van der Waals surface area contributed by atoms with E-state index in [4.69, 9.17) is 9.47 Å². The number of likely N-dealkylation sites (tertiary alicyclic amines) is 1. The van der Waals surface area contributed by atoms with Crippen molar-refractivity contribution < 1.29 is 24.2 Å². The number of carbonyl (C=O) groups is 2. The summed E-state index contributed by atoms with van der Waals surface area (Å²) in [6.07, 6.45) is 1.30. The maximum Gasteiger partial charge on any atom is 0.308 e. The van der Waals surface area contributed by atoms with Crippen LogP contribution in [-0.2, 0) is 9.59 Å². The smallest absolute Gasteiger partial charge is 0.308 e. The molecule has 0 aliphatic carbocycles. The van der Waals surface area contributed by atoms with Crippen LogP contribution in [0.25, 0.3) is 0 Å². The fraction of sp³-hybridized carbons (Fsp3) is 0.529. The van der Waals surface area contributed by atoms with Crippen LogP contribution in [0.5, 0.6) is 11.5 Å². The molecule has 2 atom stereocenters. The Bertz CT molecular complexity index is 560. The first-order valence-electron chi connectivity index (χ1n) is 7.91. The van der Waals surface area contributed by atoms with Crippen LogP contribution in [-0.4, -0.2) is 47.7 Å². The zero-order valence-corrected chi connectivity index (χ0v) is 13.5. The Labute approximate surface area is 136 Å². The third-order valence-electron chi connectivity index (χ3n) is 4.13. The molecule has 0 unspecified atom stereocenters. The number of carboxylic acid groups (broad SMARTS) is 1. The van der Waals surface area contributed by atoms with Crippen molar-refractivity contribution in [2.45, 2.75) is 32.7 Å². The minimum Gasteiger partial charge on any atom is -0.490 e. The van der Waals surface area contributed by atoms with E-state index >= 15 is 0 Å². The molecule has 1 heterocycles. The predicted octanol–water partition coefficient (Wildman–Crippen LogP) is 2.18. The van der Waals surface area contributed by atoms with Crippen molar-refractivity contribution in [1.29, 1.82) is 0 Å². The van der Waals surface area contributed by atoms with Crippen molar-refractivity contribution >= 4 is 11.9 Å². The van der Waals surface area contributed by atoms with Gasteiger partial charge in [-0.15, -0.1) is 0 Å². The van der Waals surface area contributed by atoms with Crippen LogP contribution in [0, 0.1) is 5.92 Å². The van der Waals surface area contributed by atoms with Crippen molar-refractivity contribution in [1.82, 2.24) is 4.90 Å². The lowest BCUT2D eigenvalue weighted by Gasteiger charge is -2.37. The number of ether oxygens (including phenoxy) is 2. The molecule has 0 aromatic heterocycles. The van der Waals surface area contributed by atoms with Gasteiger partial charge in [-0.2, -0.15) is 0 Å². The number of piperidine rings is 1. The highest BCUT2D eigenvalue weighted by Gasteiger charge is 2.35. The van der Waals surface area contributed by atoms with Crippen LogP contribution in [0.4, 0.5) is 0 Å². The first-order valence-corrected chi connectivity index (χ1v) is 7.91. The number of rotatable bonds is 6. The van der Waals surface area contributed by atoms with Gasteiger partial charge in [0.2, 0.25) is 0 Å². The van der Waals surface area contributed by atoms with Crippen molar-refractivity contribution in [2.24, 2.45) is 5.92 Å². The van der Waals surface area contributed by atoms with Crippen molar-refractivity contribution in [2.75, 3.05) is 19.8 Å². The Kier molecular flexibility index (Phi) is 5.84. The lowest BCUT2D eigenvalue weighted by atomic mass is 9.90. The molecule has 1 N–H and O–H groups in total. The van der Waals surface area contributed by atoms with Crippen LogP contribution < -0.4 is 9.47 Å². The molecule has 126 valence electrons. The number of hydrogen-bond acceptors (Lipinski definition) is 4. The summed E-state index contributed by atoms with van der Waals surface area (Å²) in [6.45, 7) is 4.62. The average Bonchev–Trinajstić information content (AvgIpc) is 2.54. The second-order valence-electron chi connectivity index (χ2n) is 5.58. The molecule has 1 fully saturated rings. The van der Waals surface area contributed by atoms with Crippen LogP contribution in [0.15, 0.2) is 24.3 Å². The van der Waals surface area contributed by atoms with Crippen LogP contribution in [0.1, 0.15) is 26.7 Å². The normalized spacial score (nSPS) is 20.9. The predicted molar refractivity (Wildman–Crippen MR) is 84.6 cm³/mol. The highest BCUT2D eigenvalue weighted by molar-refractivity contribution is 5.80. The summed E-state index contributed by atoms with van der Waals surface area (Å²) < 4.78 is 11.0. The molecule has 23 heavy (non-hydrogen) atoms. The Morgan fingerprint density at radius 2 is 1.91 bits per heavy atom. The van der Waals surface area contributed by atoms with Gasteiger partial charge in [0.05, 0.1) is 12.5 Å². The van der Waals surface area contributed by atoms with Gasteiger partial charge < -0.3 is 19.5 Å². The molecule has 1 aliphatic rings. The molecule has 1 aliphatic heterocycles. The summed E-state index contributed by atoms with van der Waals surface area (Å²) in [5.41, 5.74) is 0. The molecule has 1 aromatic carbocycles. The van der Waals surface area contributed by atoms with Crippen molar-refractivity contribution in [3.63, 3.8) is 0 Å². The molecular formula is C17H23NO5. The fourth-order valence-corrected chi connectivity index (χ4v) is 2.89. The first-order chi connectivity index (χ1) is 11.0. The summed E-state index contributed by atoms with van der Waals surface area (Å²) in [6, 6.07) is 6.86. The SMILES string of the molecule is CCOc1ccccc1OCC(=O)N1CCC[C@H](C(=O)O)[C@@H]1C. The minimum atomic E-state index is -0.849. The van der Waals surface area contributed by atoms with Gasteiger partial charge in [0.15, 0.2) is 18.1 Å². The number of para-hydroxylation sites is 2. The zero-order chi connectivity index (χ0) is 16.8. The summed E-state index contributed by atoms with van der Waals surface area (Å²) in [7, 11) is 0. The summed E-state index contributed by atoms with van der Waals surface area (Å²) in [5, 5.41) is 9.23. The summed E-state index contributed by atoms with van der Waals surface area (Å²) in [5.74, 6) is -0.448. The second-order valence-corrected chi connectivity index (χ2v) is 5.58. The fourth-order valence-electron chi connectivity index (χ4n) is 2.89. The van der Waals surface area contributed by atoms with E-state index in [9.17, 15) is 14.7 Å². The van der Waals surface area contributed by atoms with Gasteiger partial charge in [-0.05, 0) is 38.8 Å². The van der Waals surface area contributed by atoms with Gasteiger partial charge in [-0.25, -0.2) is 0 Å². The number of benzene rings is 1. The van der Waals surface area contributed by atoms with Gasteiger partial charge in [0.1, 0.15) is 0 Å². The second kappa shape index (κ2) is 7.85. The Morgan fingerprint density at radius 1 is 1.26 bits per heavy atom. The van der Waals surface area contributed by atoms with E-state index in [2.05, 4.69) is 0 Å². The average molecular weight is 321 g/mol. The monoisotopic (exact) mass is 321 g/mol. The molecule has 1 amide bonds. The molecule has 0 saturated carbocycles. The Morgan fingerprint density at radius 3 is 2.52 bits per heavy atom. The number of hydrogen-bond donors (Lipinski definition) is 1. The van der Waals surface area contributed by atoms with E-state index in [1.807, 2.05) is 19.1 Å². The van der Waals surface area contributed by atoms with Crippen LogP contribution in [0.3, 0.4) is 0 Å². The molecular weight excluding hydrogens is 298 g/mol. The Hall–Kier alpha value is -2.24. The van der Waals surface area contributed by atoms with E-state index in [-0.39, 0.29) is 18.6 Å². The molecule has 1 aromatic rings. The topological polar surface area (TPSA) is 76.1 Å². The number of carbonyl (C=O) groups excluding carboxylic acids is 1. The summed E-state index contributed by atoms with van der Waals surface area (Å²) >= 11 is 0. The van der Waals surface area contributed by atoms with E-state index < -0.39 is 11.9 Å². The lowest BCUT2D eigenvalue weighted by Crippen LogP contribution is -2.50. The third kappa shape index (κ3) is 4.15. The van der Waals surface area contributed by atoms with E-state index in [1.54, 1.807) is 24.0 Å². The molecule has 1 saturated heterocycles. The van der Waals surface area contributed by atoms with Crippen molar-refractivity contribution in [3.8, 4) is 11.5 Å². The molecule has 6 heteroatoms. The molecule has 2 rings (SSSR count). The van der Waals surface area contributed by atoms with Crippen molar-refractivity contribution in [3.05, 3.63) is 24.3 Å². The van der Waals surface area contributed by atoms with Gasteiger partial charge in [-0.1, -0.05) is 12.1 Å². The molecule has 6 nitrogen and oxygen atoms in total. The zero-order valence-electron chi connectivity index (χ0n) is 13.5. The maximum atomic E-state index is 12.4. The first kappa shape index (κ1) is 17.1. The summed E-state index contributed by atoms with van der Waals surface area (Å²) in [4.78, 5) is 25.2. The Balaban J connectivity index is 1.98. The third-order valence-corrected chi connectivity index (χ3v) is 4.13. The maximum absolute atomic E-state index is 12.4. The highest BCUT2D eigenvalue weighted by Crippen LogP contribution is 2.27. The number of carboxylic acids is 1. The van der Waals surface area contributed by atoms with E-state index in [1.165, 1.54) is 0 Å². The quantitative estimate of drug-likeness (QED) is 0.869. The molecule has 0 radical (unpaired) electrons. The standard InChI is InChI=1S/C17H23NO5/c1-3-22-14-8-4-5-9-15(14)23-11-16(19)18-10-6-7-13(12(18)2)17(20)21/h4-5,8-9,12-13H,3,6-7,10-11H2,1-2H3,(H,20,21)/t12-,13-/m0/s1. The van der Waals surface area contributed by atoms with Gasteiger partial charge in [0.25, 0.3) is 5.91 Å². The van der Waals surface area contributed by atoms with Gasteiger partial charge in [0, 0.05) is 12.6 Å². The number of nitrogens with zero attached hydrogens (tertiary/aromatic N) is 1. The highest BCUT2D eigenvalue weighted by atomic mass is 16.5. The number of aliphatic carboxylic acids is 1. The lowest BCUT2D eigenvalue weighted by molar-refractivity contribution is -0.149. The van der Waals surface area contributed by atoms with Crippen LogP contribution >= 0.6 is 0 Å². The molecule has 0 bridgehead atoms. The minimum absolute atomic E-state index is 0.124. The van der Waals surface area contributed by atoms with Crippen LogP contribution in [0.2, 0.25) is 0 Å². The van der Waals surface area contributed by atoms with Gasteiger partial charge >= 0.3 is 5.97 Å². The molecule has 0 spiro atoms.